The van der Waals surface area contributed by atoms with Crippen LogP contribution in [-0.2, 0) is 14.3 Å². The third-order valence-electron chi connectivity index (χ3n) is 4.20. The molecule has 0 aromatic carbocycles. The molecule has 1 saturated heterocycles. The number of ether oxygens (including phenoxy) is 1. The smallest absolute Gasteiger partial charge is 0.408 e. The summed E-state index contributed by atoms with van der Waals surface area (Å²) in [5.74, 6) is -1.37. The van der Waals surface area contributed by atoms with E-state index < -0.39 is 41.6 Å². The summed E-state index contributed by atoms with van der Waals surface area (Å²) >= 11 is 0. The van der Waals surface area contributed by atoms with Crippen molar-refractivity contribution in [2.45, 2.75) is 45.2 Å². The van der Waals surface area contributed by atoms with Crippen molar-refractivity contribution < 1.29 is 29.3 Å². The Morgan fingerprint density at radius 2 is 1.95 bits per heavy atom. The monoisotopic (exact) mass is 316 g/mol. The SMILES string of the molecule is COC(=O)[C@H](CO)NC(=O)[C@@]1(C(C)(C)C)CCCN1C(=O)O. The van der Waals surface area contributed by atoms with Crippen LogP contribution in [0.3, 0.4) is 0 Å². The lowest BCUT2D eigenvalue weighted by atomic mass is 9.71. The fraction of sp³-hybridized carbons (Fsp3) is 0.786. The van der Waals surface area contributed by atoms with Crippen LogP contribution in [0.4, 0.5) is 4.79 Å². The molecule has 1 heterocycles. The van der Waals surface area contributed by atoms with E-state index in [4.69, 9.17) is 0 Å². The van der Waals surface area contributed by atoms with Crippen molar-refractivity contribution in [2.75, 3.05) is 20.3 Å². The van der Waals surface area contributed by atoms with Crippen LogP contribution in [0.15, 0.2) is 0 Å². The Hall–Kier alpha value is -1.83. The molecule has 0 bridgehead atoms. The summed E-state index contributed by atoms with van der Waals surface area (Å²) in [5, 5.41) is 21.1. The van der Waals surface area contributed by atoms with Gasteiger partial charge in [0.05, 0.1) is 13.7 Å². The first-order valence-corrected chi connectivity index (χ1v) is 7.12. The molecular weight excluding hydrogens is 292 g/mol. The van der Waals surface area contributed by atoms with E-state index in [-0.39, 0.29) is 6.54 Å². The van der Waals surface area contributed by atoms with Gasteiger partial charge in [-0.25, -0.2) is 9.59 Å². The van der Waals surface area contributed by atoms with E-state index in [0.717, 1.165) is 12.0 Å². The minimum Gasteiger partial charge on any atom is -0.467 e. The Bertz CT molecular complexity index is 459. The molecule has 8 nitrogen and oxygen atoms in total. The quantitative estimate of drug-likeness (QED) is 0.638. The van der Waals surface area contributed by atoms with E-state index in [0.29, 0.717) is 12.8 Å². The molecule has 126 valence electrons. The molecule has 0 aliphatic carbocycles. The number of nitrogens with zero attached hydrogens (tertiary/aromatic N) is 1. The van der Waals surface area contributed by atoms with Gasteiger partial charge in [0.15, 0.2) is 6.04 Å². The van der Waals surface area contributed by atoms with Crippen LogP contribution in [0.25, 0.3) is 0 Å². The highest BCUT2D eigenvalue weighted by atomic mass is 16.5. The summed E-state index contributed by atoms with van der Waals surface area (Å²) in [4.78, 5) is 37.0. The molecule has 0 unspecified atom stereocenters. The van der Waals surface area contributed by atoms with Gasteiger partial charge in [-0.15, -0.1) is 0 Å². The summed E-state index contributed by atoms with van der Waals surface area (Å²) in [5.41, 5.74) is -1.97. The van der Waals surface area contributed by atoms with Crippen LogP contribution >= 0.6 is 0 Å². The van der Waals surface area contributed by atoms with E-state index in [1.54, 1.807) is 20.8 Å². The average Bonchev–Trinajstić information content (AvgIpc) is 2.89. The minimum atomic E-state index is -1.29. The van der Waals surface area contributed by atoms with Gasteiger partial charge in [-0.1, -0.05) is 20.8 Å². The van der Waals surface area contributed by atoms with Crippen molar-refractivity contribution >= 4 is 18.0 Å². The molecule has 0 aromatic rings. The van der Waals surface area contributed by atoms with Gasteiger partial charge in [-0.3, -0.25) is 9.69 Å². The molecule has 22 heavy (non-hydrogen) atoms. The fourth-order valence-corrected chi connectivity index (χ4v) is 3.03. The van der Waals surface area contributed by atoms with Crippen molar-refractivity contribution in [2.24, 2.45) is 5.41 Å². The first kappa shape index (κ1) is 18.2. The van der Waals surface area contributed by atoms with E-state index in [1.807, 2.05) is 0 Å². The topological polar surface area (TPSA) is 116 Å². The predicted octanol–water partition coefficient (Wildman–Crippen LogP) is 0.195. The van der Waals surface area contributed by atoms with Gasteiger partial charge in [0, 0.05) is 6.54 Å². The van der Waals surface area contributed by atoms with Gasteiger partial charge >= 0.3 is 12.1 Å². The number of nitrogens with one attached hydrogen (secondary N) is 1. The van der Waals surface area contributed by atoms with Crippen LogP contribution in [0.1, 0.15) is 33.6 Å². The second-order valence-corrected chi connectivity index (χ2v) is 6.38. The van der Waals surface area contributed by atoms with Gasteiger partial charge in [-0.05, 0) is 18.3 Å². The summed E-state index contributed by atoms with van der Waals surface area (Å²) in [6, 6.07) is -1.21. The Labute approximate surface area is 129 Å². The standard InChI is InChI=1S/C14H24N2O6/c1-13(2,3)14(6-5-7-16(14)12(20)21)11(19)15-9(8-17)10(18)22-4/h9,17H,5-8H2,1-4H3,(H,15,19)(H,20,21)/t9-,14+/m0/s1. The Kier molecular flexibility index (Phi) is 5.39. The van der Waals surface area contributed by atoms with Gasteiger partial charge in [-0.2, -0.15) is 0 Å². The highest BCUT2D eigenvalue weighted by molar-refractivity contribution is 5.94. The summed E-state index contributed by atoms with van der Waals surface area (Å²) in [6.07, 6.45) is -0.270. The molecule has 8 heteroatoms. The number of methoxy groups -OCH3 is 1. The second kappa shape index (κ2) is 6.51. The number of esters is 1. The number of aliphatic hydroxyl groups is 1. The van der Waals surface area contributed by atoms with Crippen molar-refractivity contribution in [1.29, 1.82) is 0 Å². The van der Waals surface area contributed by atoms with Crippen LogP contribution in [0.2, 0.25) is 0 Å². The normalized spacial score (nSPS) is 23.0. The lowest BCUT2D eigenvalue weighted by Crippen LogP contribution is -2.66. The molecule has 2 amide bonds. The predicted molar refractivity (Wildman–Crippen MR) is 77.2 cm³/mol. The molecule has 2 atom stereocenters. The lowest BCUT2D eigenvalue weighted by molar-refractivity contribution is -0.149. The molecule has 0 saturated carbocycles. The molecule has 1 fully saturated rings. The number of hydrogen-bond donors (Lipinski definition) is 3. The molecule has 0 radical (unpaired) electrons. The third kappa shape index (κ3) is 3.01. The molecule has 1 rings (SSSR count). The molecule has 0 aromatic heterocycles. The molecule has 0 spiro atoms. The number of aliphatic hydroxyl groups excluding tert-OH is 1. The van der Waals surface area contributed by atoms with E-state index in [2.05, 4.69) is 10.1 Å². The van der Waals surface area contributed by atoms with Crippen LogP contribution in [-0.4, -0.2) is 64.9 Å². The van der Waals surface area contributed by atoms with Gasteiger partial charge < -0.3 is 20.3 Å². The number of carboxylic acid groups (broad SMARTS) is 1. The largest absolute Gasteiger partial charge is 0.467 e. The maximum absolute atomic E-state index is 12.8. The highest BCUT2D eigenvalue weighted by Crippen LogP contribution is 2.44. The molecule has 1 aliphatic rings. The Morgan fingerprint density at radius 1 is 1.36 bits per heavy atom. The Balaban J connectivity index is 3.16. The zero-order valence-electron chi connectivity index (χ0n) is 13.4. The van der Waals surface area contributed by atoms with Gasteiger partial charge in [0.25, 0.3) is 0 Å². The highest BCUT2D eigenvalue weighted by Gasteiger charge is 2.57. The van der Waals surface area contributed by atoms with Crippen LogP contribution < -0.4 is 5.32 Å². The van der Waals surface area contributed by atoms with Crippen molar-refractivity contribution in [1.82, 2.24) is 10.2 Å². The number of likely N-dealkylation sites (tertiary alicyclic amines) is 1. The van der Waals surface area contributed by atoms with Gasteiger partial charge in [0.2, 0.25) is 5.91 Å². The molecule has 1 aliphatic heterocycles. The van der Waals surface area contributed by atoms with Crippen LogP contribution in [0.5, 0.6) is 0 Å². The maximum atomic E-state index is 12.8. The average molecular weight is 316 g/mol. The lowest BCUT2D eigenvalue weighted by Gasteiger charge is -2.45. The van der Waals surface area contributed by atoms with E-state index >= 15 is 0 Å². The van der Waals surface area contributed by atoms with Crippen LogP contribution in [0, 0.1) is 5.41 Å². The Morgan fingerprint density at radius 3 is 2.36 bits per heavy atom. The molecular formula is C14H24N2O6. The number of rotatable bonds is 4. The summed E-state index contributed by atoms with van der Waals surface area (Å²) in [6.45, 7) is 4.97. The van der Waals surface area contributed by atoms with Crippen molar-refractivity contribution in [3.8, 4) is 0 Å². The van der Waals surface area contributed by atoms with Crippen molar-refractivity contribution in [3.63, 3.8) is 0 Å². The maximum Gasteiger partial charge on any atom is 0.408 e. The second-order valence-electron chi connectivity index (χ2n) is 6.38. The molecule has 3 N–H and O–H groups in total. The third-order valence-corrected chi connectivity index (χ3v) is 4.20. The van der Waals surface area contributed by atoms with E-state index in [1.165, 1.54) is 0 Å². The first-order chi connectivity index (χ1) is 10.1. The van der Waals surface area contributed by atoms with E-state index in [9.17, 15) is 24.6 Å². The first-order valence-electron chi connectivity index (χ1n) is 7.12. The number of hydrogen-bond acceptors (Lipinski definition) is 5. The van der Waals surface area contributed by atoms with Gasteiger partial charge in [0.1, 0.15) is 5.54 Å². The number of amides is 2. The van der Waals surface area contributed by atoms with Crippen molar-refractivity contribution in [3.05, 3.63) is 0 Å². The zero-order chi connectivity index (χ0) is 17.1. The minimum absolute atomic E-state index is 0.252. The number of carbonyl (C=O) groups excluding carboxylic acids is 2. The number of carbonyl (C=O) groups is 3. The summed E-state index contributed by atoms with van der Waals surface area (Å²) in [7, 11) is 1.15. The zero-order valence-corrected chi connectivity index (χ0v) is 13.4. The fourth-order valence-electron chi connectivity index (χ4n) is 3.03. The summed E-state index contributed by atoms with van der Waals surface area (Å²) < 4.78 is 4.52.